The zero-order valence-corrected chi connectivity index (χ0v) is 11.2. The highest BCUT2D eigenvalue weighted by Gasteiger charge is 2.03. The Balaban J connectivity index is 1.89. The molecule has 1 amide bonds. The predicted molar refractivity (Wildman–Crippen MR) is 73.4 cm³/mol. The molecule has 90 valence electrons. The summed E-state index contributed by atoms with van der Waals surface area (Å²) in [4.78, 5) is 13.6. The number of carbonyl (C=O) groups is 1. The van der Waals surface area contributed by atoms with Crippen LogP contribution in [0.3, 0.4) is 0 Å². The van der Waals surface area contributed by atoms with Crippen LogP contribution < -0.4 is 10.6 Å². The van der Waals surface area contributed by atoms with Crippen molar-refractivity contribution in [2.45, 2.75) is 6.54 Å². The van der Waals surface area contributed by atoms with Crippen molar-refractivity contribution in [2.24, 2.45) is 0 Å². The van der Waals surface area contributed by atoms with Crippen molar-refractivity contribution in [3.63, 3.8) is 0 Å². The number of carbonyl (C=O) groups excluding carboxylic acids is 1. The van der Waals surface area contributed by atoms with Crippen LogP contribution in [0.15, 0.2) is 29.0 Å². The normalized spacial score (nSPS) is 10.4. The fourth-order valence-corrected chi connectivity index (χ4v) is 3.08. The molecule has 0 atom stereocenters. The van der Waals surface area contributed by atoms with Crippen LogP contribution in [0.1, 0.15) is 4.88 Å². The number of likely N-dealkylation sites (N-methyl/N-ethyl adjacent to an activating group) is 1. The van der Waals surface area contributed by atoms with Gasteiger partial charge in [0.1, 0.15) is 0 Å². The van der Waals surface area contributed by atoms with Crippen LogP contribution in [0.4, 0.5) is 0 Å². The number of hydrogen-bond acceptors (Lipinski definition) is 4. The zero-order valence-electron chi connectivity index (χ0n) is 9.53. The molecule has 5 heteroatoms. The van der Waals surface area contributed by atoms with Crippen molar-refractivity contribution < 1.29 is 4.79 Å². The quantitative estimate of drug-likeness (QED) is 0.872. The van der Waals surface area contributed by atoms with Gasteiger partial charge in [-0.3, -0.25) is 4.79 Å². The van der Waals surface area contributed by atoms with E-state index in [9.17, 15) is 4.79 Å². The van der Waals surface area contributed by atoms with Gasteiger partial charge in [-0.05, 0) is 22.9 Å². The summed E-state index contributed by atoms with van der Waals surface area (Å²) in [5.41, 5.74) is 1.27. The molecule has 0 unspecified atom stereocenters. The molecule has 0 aromatic carbocycles. The third kappa shape index (κ3) is 3.39. The Morgan fingerprint density at radius 3 is 3.00 bits per heavy atom. The summed E-state index contributed by atoms with van der Waals surface area (Å²) in [7, 11) is 1.64. The monoisotopic (exact) mass is 266 g/mol. The lowest BCUT2D eigenvalue weighted by Crippen LogP contribution is -2.30. The molecule has 17 heavy (non-hydrogen) atoms. The molecular formula is C12H14N2OS2. The first-order chi connectivity index (χ1) is 8.29. The van der Waals surface area contributed by atoms with E-state index in [1.54, 1.807) is 29.7 Å². The maximum Gasteiger partial charge on any atom is 0.233 e. The third-order valence-electron chi connectivity index (χ3n) is 2.32. The van der Waals surface area contributed by atoms with E-state index in [0.717, 1.165) is 6.54 Å². The van der Waals surface area contributed by atoms with E-state index in [2.05, 4.69) is 39.6 Å². The predicted octanol–water partition coefficient (Wildman–Crippen LogP) is 2.31. The average Bonchev–Trinajstić information content (AvgIpc) is 2.98. The Morgan fingerprint density at radius 1 is 1.41 bits per heavy atom. The summed E-state index contributed by atoms with van der Waals surface area (Å²) in [6, 6.07) is 6.35. The molecule has 0 fully saturated rings. The Hall–Kier alpha value is -1.17. The molecular weight excluding hydrogens is 252 g/mol. The number of thiophene rings is 2. The smallest absolute Gasteiger partial charge is 0.233 e. The van der Waals surface area contributed by atoms with Crippen LogP contribution in [0.5, 0.6) is 0 Å². The molecule has 0 aliphatic heterocycles. The molecule has 2 N–H and O–H groups in total. The van der Waals surface area contributed by atoms with E-state index in [4.69, 9.17) is 0 Å². The van der Waals surface area contributed by atoms with Gasteiger partial charge in [-0.15, -0.1) is 22.7 Å². The molecule has 0 aliphatic carbocycles. The molecule has 0 saturated carbocycles. The highest BCUT2D eigenvalue weighted by Crippen LogP contribution is 2.28. The summed E-state index contributed by atoms with van der Waals surface area (Å²) in [5.74, 6) is 0.0139. The van der Waals surface area contributed by atoms with Gasteiger partial charge in [0, 0.05) is 28.9 Å². The molecule has 2 heterocycles. The second-order valence-corrected chi connectivity index (χ2v) is 5.50. The van der Waals surface area contributed by atoms with Crippen LogP contribution in [0, 0.1) is 0 Å². The zero-order chi connectivity index (χ0) is 12.1. The lowest BCUT2D eigenvalue weighted by atomic mass is 10.2. The molecule has 0 saturated heterocycles. The third-order valence-corrected chi connectivity index (χ3v) is 4.18. The second-order valence-electron chi connectivity index (χ2n) is 3.56. The first-order valence-electron chi connectivity index (χ1n) is 5.32. The van der Waals surface area contributed by atoms with Gasteiger partial charge in [-0.1, -0.05) is 6.07 Å². The molecule has 2 rings (SSSR count). The summed E-state index contributed by atoms with van der Waals surface area (Å²) >= 11 is 3.46. The molecule has 0 aliphatic rings. The van der Waals surface area contributed by atoms with E-state index in [1.807, 2.05) is 0 Å². The Morgan fingerprint density at radius 2 is 2.29 bits per heavy atom. The van der Waals surface area contributed by atoms with Crippen molar-refractivity contribution in [2.75, 3.05) is 13.6 Å². The summed E-state index contributed by atoms with van der Waals surface area (Å²) in [6.45, 7) is 1.10. The van der Waals surface area contributed by atoms with Crippen molar-refractivity contribution in [1.82, 2.24) is 10.6 Å². The van der Waals surface area contributed by atoms with Crippen molar-refractivity contribution in [1.29, 1.82) is 0 Å². The van der Waals surface area contributed by atoms with Gasteiger partial charge >= 0.3 is 0 Å². The van der Waals surface area contributed by atoms with Gasteiger partial charge in [0.25, 0.3) is 0 Å². The van der Waals surface area contributed by atoms with Gasteiger partial charge in [0.05, 0.1) is 6.54 Å². The molecule has 2 aromatic rings. The minimum atomic E-state index is 0.0139. The SMILES string of the molecule is CNC(=O)CNCc1cc(-c2cccs2)cs1. The minimum Gasteiger partial charge on any atom is -0.358 e. The van der Waals surface area contributed by atoms with Crippen LogP contribution in [-0.4, -0.2) is 19.5 Å². The van der Waals surface area contributed by atoms with Crippen molar-refractivity contribution in [3.05, 3.63) is 33.8 Å². The lowest BCUT2D eigenvalue weighted by Gasteiger charge is -2.00. The largest absolute Gasteiger partial charge is 0.358 e. The number of rotatable bonds is 5. The second kappa shape index (κ2) is 5.95. The summed E-state index contributed by atoms with van der Waals surface area (Å²) < 4.78 is 0. The van der Waals surface area contributed by atoms with Gasteiger partial charge in [-0.2, -0.15) is 0 Å². The van der Waals surface area contributed by atoms with Crippen molar-refractivity contribution in [3.8, 4) is 10.4 Å². The first-order valence-corrected chi connectivity index (χ1v) is 7.08. The van der Waals surface area contributed by atoms with Crippen LogP contribution in [-0.2, 0) is 11.3 Å². The van der Waals surface area contributed by atoms with Crippen molar-refractivity contribution >= 4 is 28.6 Å². The Bertz CT molecular complexity index is 476. The first kappa shape index (κ1) is 12.3. The fraction of sp³-hybridized carbons (Fsp3) is 0.250. The minimum absolute atomic E-state index is 0.0139. The number of nitrogens with one attached hydrogen (secondary N) is 2. The van der Waals surface area contributed by atoms with Gasteiger partial charge < -0.3 is 10.6 Å². The average molecular weight is 266 g/mol. The standard InChI is InChI=1S/C12H14N2OS2/c1-13-12(15)7-14-6-10-5-9(8-17-10)11-3-2-4-16-11/h2-5,8,14H,6-7H2,1H3,(H,13,15). The highest BCUT2D eigenvalue weighted by atomic mass is 32.1. The highest BCUT2D eigenvalue weighted by molar-refractivity contribution is 7.14. The Labute approximate surface area is 108 Å². The molecule has 0 bridgehead atoms. The maximum absolute atomic E-state index is 11.0. The van der Waals surface area contributed by atoms with E-state index >= 15 is 0 Å². The van der Waals surface area contributed by atoms with Crippen LogP contribution in [0.25, 0.3) is 10.4 Å². The fourth-order valence-electron chi connectivity index (χ4n) is 1.43. The van der Waals surface area contributed by atoms with Gasteiger partial charge in [-0.25, -0.2) is 0 Å². The topological polar surface area (TPSA) is 41.1 Å². The van der Waals surface area contributed by atoms with E-state index in [1.165, 1.54) is 15.3 Å². The van der Waals surface area contributed by atoms with E-state index in [0.29, 0.717) is 6.54 Å². The van der Waals surface area contributed by atoms with E-state index in [-0.39, 0.29) is 5.91 Å². The van der Waals surface area contributed by atoms with Crippen LogP contribution in [0.2, 0.25) is 0 Å². The molecule has 0 spiro atoms. The van der Waals surface area contributed by atoms with Crippen LogP contribution >= 0.6 is 22.7 Å². The lowest BCUT2D eigenvalue weighted by molar-refractivity contribution is -0.119. The maximum atomic E-state index is 11.0. The molecule has 3 nitrogen and oxygen atoms in total. The molecule has 0 radical (unpaired) electrons. The number of hydrogen-bond donors (Lipinski definition) is 2. The number of amides is 1. The summed E-state index contributed by atoms with van der Waals surface area (Å²) in [6.07, 6.45) is 0. The van der Waals surface area contributed by atoms with Gasteiger partial charge in [0.2, 0.25) is 5.91 Å². The summed E-state index contributed by atoms with van der Waals surface area (Å²) in [5, 5.41) is 9.93. The van der Waals surface area contributed by atoms with Gasteiger partial charge in [0.15, 0.2) is 0 Å². The Kier molecular flexibility index (Phi) is 4.30. The van der Waals surface area contributed by atoms with E-state index < -0.39 is 0 Å². The molecule has 2 aromatic heterocycles.